The molecule has 0 radical (unpaired) electrons. The topological polar surface area (TPSA) is 64.3 Å². The molecule has 6 rings (SSSR count). The predicted molar refractivity (Wildman–Crippen MR) is 156 cm³/mol. The lowest BCUT2D eigenvalue weighted by Crippen LogP contribution is -2.41. The van der Waals surface area contributed by atoms with Gasteiger partial charge in [-0.1, -0.05) is 67.1 Å². The maximum Gasteiger partial charge on any atom is 0.318 e. The first-order valence-corrected chi connectivity index (χ1v) is 13.6. The van der Waals surface area contributed by atoms with Gasteiger partial charge in [0.15, 0.2) is 0 Å². The average Bonchev–Trinajstić information content (AvgIpc) is 3.58. The number of carbonyl (C=O) groups excluding carboxylic acids is 1. The molecule has 0 saturated carbocycles. The number of benzene rings is 3. The van der Waals surface area contributed by atoms with Crippen molar-refractivity contribution in [1.29, 1.82) is 0 Å². The number of rotatable bonds is 6. The summed E-state index contributed by atoms with van der Waals surface area (Å²) < 4.78 is 9.60. The van der Waals surface area contributed by atoms with Gasteiger partial charge < -0.3 is 19.5 Å². The average molecular weight is 532 g/mol. The van der Waals surface area contributed by atoms with Gasteiger partial charge in [-0.2, -0.15) is 5.10 Å². The molecule has 7 heteroatoms. The van der Waals surface area contributed by atoms with Crippen molar-refractivity contribution in [3.63, 3.8) is 0 Å². The second-order valence-electron chi connectivity index (χ2n) is 10.1. The van der Waals surface area contributed by atoms with E-state index in [1.807, 2.05) is 58.1 Å². The number of urea groups is 1. The van der Waals surface area contributed by atoms with Gasteiger partial charge in [0.25, 0.3) is 0 Å². The van der Waals surface area contributed by atoms with Crippen LogP contribution in [0.25, 0.3) is 11.5 Å². The zero-order valence-electron chi connectivity index (χ0n) is 23.0. The minimum Gasteiger partial charge on any atom is -0.497 e. The molecular weight excluding hydrogens is 498 g/mol. The first-order chi connectivity index (χ1) is 19.6. The number of methoxy groups -OCH3 is 1. The number of aromatic nitrogens is 3. The third kappa shape index (κ3) is 4.64. The molecule has 1 N–H and O–H groups in total. The molecule has 1 aliphatic heterocycles. The van der Waals surface area contributed by atoms with Crippen LogP contribution in [-0.2, 0) is 19.5 Å². The van der Waals surface area contributed by atoms with Crippen molar-refractivity contribution in [2.75, 3.05) is 7.11 Å². The maximum atomic E-state index is 14.1. The Morgan fingerprint density at radius 1 is 1.00 bits per heavy atom. The van der Waals surface area contributed by atoms with Crippen molar-refractivity contribution >= 4 is 6.03 Å². The summed E-state index contributed by atoms with van der Waals surface area (Å²) in [5.41, 5.74) is 7.25. The van der Waals surface area contributed by atoms with E-state index >= 15 is 0 Å². The van der Waals surface area contributed by atoms with Crippen molar-refractivity contribution in [3.8, 4) is 17.3 Å². The number of amides is 2. The molecule has 40 heavy (non-hydrogen) atoms. The lowest BCUT2D eigenvalue weighted by atomic mass is 10.0. The normalized spacial score (nSPS) is 14.3. The highest BCUT2D eigenvalue weighted by molar-refractivity contribution is 5.76. The molecule has 1 unspecified atom stereocenters. The maximum absolute atomic E-state index is 14.1. The summed E-state index contributed by atoms with van der Waals surface area (Å²) in [6.45, 7) is 5.01. The Labute approximate surface area is 234 Å². The molecular formula is C33H33N5O2. The molecule has 0 bridgehead atoms. The zero-order chi connectivity index (χ0) is 27.6. The fourth-order valence-electron chi connectivity index (χ4n) is 5.51. The van der Waals surface area contributed by atoms with Gasteiger partial charge in [0.05, 0.1) is 36.8 Å². The molecule has 0 aliphatic carbocycles. The fraction of sp³-hybridized carbons (Fsp3) is 0.212. The summed E-state index contributed by atoms with van der Waals surface area (Å²) in [5.74, 6) is 1.74. The molecule has 7 nitrogen and oxygen atoms in total. The van der Waals surface area contributed by atoms with Crippen LogP contribution in [0.1, 0.15) is 46.6 Å². The number of ether oxygens (including phenoxy) is 1. The summed E-state index contributed by atoms with van der Waals surface area (Å²) in [5, 5.41) is 8.22. The van der Waals surface area contributed by atoms with Gasteiger partial charge in [0, 0.05) is 18.3 Å². The van der Waals surface area contributed by atoms with E-state index in [1.54, 1.807) is 7.11 Å². The lowest BCUT2D eigenvalue weighted by Gasteiger charge is -2.31. The Morgan fingerprint density at radius 3 is 2.55 bits per heavy atom. The van der Waals surface area contributed by atoms with Crippen LogP contribution < -0.4 is 10.1 Å². The molecule has 3 heterocycles. The van der Waals surface area contributed by atoms with Crippen LogP contribution in [-0.4, -0.2) is 32.4 Å². The monoisotopic (exact) mass is 531 g/mol. The van der Waals surface area contributed by atoms with Gasteiger partial charge in [-0.25, -0.2) is 9.48 Å². The van der Waals surface area contributed by atoms with Crippen molar-refractivity contribution in [3.05, 3.63) is 131 Å². The van der Waals surface area contributed by atoms with E-state index in [0.717, 1.165) is 51.8 Å². The van der Waals surface area contributed by atoms with Crippen molar-refractivity contribution in [1.82, 2.24) is 24.6 Å². The quantitative estimate of drug-likeness (QED) is 0.277. The molecule has 5 aromatic rings. The number of nitrogens with one attached hydrogen (secondary N) is 1. The van der Waals surface area contributed by atoms with E-state index in [-0.39, 0.29) is 12.1 Å². The first kappa shape index (κ1) is 25.5. The first-order valence-electron chi connectivity index (χ1n) is 13.6. The smallest absolute Gasteiger partial charge is 0.318 e. The summed E-state index contributed by atoms with van der Waals surface area (Å²) in [6.07, 6.45) is 2.83. The van der Waals surface area contributed by atoms with Crippen LogP contribution in [0.15, 0.2) is 97.2 Å². The largest absolute Gasteiger partial charge is 0.497 e. The molecule has 0 fully saturated rings. The van der Waals surface area contributed by atoms with Gasteiger partial charge >= 0.3 is 6.03 Å². The minimum atomic E-state index is -0.290. The second kappa shape index (κ2) is 10.8. The molecule has 2 amide bonds. The Kier molecular flexibility index (Phi) is 6.86. The Hall–Kier alpha value is -4.78. The summed E-state index contributed by atoms with van der Waals surface area (Å²) >= 11 is 0. The number of nitrogens with zero attached hydrogens (tertiary/aromatic N) is 4. The number of carbonyl (C=O) groups is 1. The van der Waals surface area contributed by atoms with E-state index in [0.29, 0.717) is 13.1 Å². The molecule has 1 atom stereocenters. The van der Waals surface area contributed by atoms with Gasteiger partial charge in [-0.15, -0.1) is 0 Å². The Morgan fingerprint density at radius 2 is 1.80 bits per heavy atom. The van der Waals surface area contributed by atoms with Gasteiger partial charge in [0.1, 0.15) is 11.6 Å². The number of hydrogen-bond acceptors (Lipinski definition) is 3. The second-order valence-corrected chi connectivity index (χ2v) is 10.1. The standard InChI is InChI=1S/C33H33N5O2/c1-4-29-28-22-37(33(39)34-21-24-10-8-13-27(20-24)40-3)31(25-17-15-23(2)16-18-25)30-14-9-19-36(30)32(28)38(35-29)26-11-6-5-7-12-26/h5-20,31H,4,21-22H2,1-3H3,(H,34,39). The molecule has 202 valence electrons. The fourth-order valence-corrected chi connectivity index (χ4v) is 5.51. The van der Waals surface area contributed by atoms with E-state index in [9.17, 15) is 4.79 Å². The van der Waals surface area contributed by atoms with Gasteiger partial charge in [-0.3, -0.25) is 0 Å². The van der Waals surface area contributed by atoms with Crippen LogP contribution in [0, 0.1) is 6.92 Å². The Balaban J connectivity index is 1.47. The minimum absolute atomic E-state index is 0.136. The number of fused-ring (bicyclic) bond motifs is 3. The van der Waals surface area contributed by atoms with Crippen molar-refractivity contribution < 1.29 is 9.53 Å². The van der Waals surface area contributed by atoms with Gasteiger partial charge in [-0.05, 0) is 60.9 Å². The highest BCUT2D eigenvalue weighted by atomic mass is 16.5. The van der Waals surface area contributed by atoms with Crippen LogP contribution in [0.2, 0.25) is 0 Å². The molecule has 0 spiro atoms. The highest BCUT2D eigenvalue weighted by Gasteiger charge is 2.36. The Bertz CT molecular complexity index is 1640. The molecule has 3 aromatic carbocycles. The SMILES string of the molecule is CCc1nn(-c2ccccc2)c2c1CN(C(=O)NCc1cccc(OC)c1)C(c1ccc(C)cc1)c1cccn1-2. The molecule has 0 saturated heterocycles. The number of para-hydroxylation sites is 1. The van der Waals surface area contributed by atoms with Crippen LogP contribution in [0.4, 0.5) is 4.79 Å². The van der Waals surface area contributed by atoms with Crippen LogP contribution in [0.5, 0.6) is 5.75 Å². The van der Waals surface area contributed by atoms with E-state index in [1.165, 1.54) is 5.56 Å². The lowest BCUT2D eigenvalue weighted by molar-refractivity contribution is 0.180. The highest BCUT2D eigenvalue weighted by Crippen LogP contribution is 2.38. The summed E-state index contributed by atoms with van der Waals surface area (Å²) in [6, 6.07) is 30.2. The van der Waals surface area contributed by atoms with E-state index in [2.05, 4.69) is 72.4 Å². The van der Waals surface area contributed by atoms with E-state index in [4.69, 9.17) is 9.84 Å². The molecule has 1 aliphatic rings. The van der Waals surface area contributed by atoms with Gasteiger partial charge in [0.2, 0.25) is 0 Å². The van der Waals surface area contributed by atoms with Crippen molar-refractivity contribution in [2.24, 2.45) is 0 Å². The zero-order valence-corrected chi connectivity index (χ0v) is 23.0. The van der Waals surface area contributed by atoms with Crippen LogP contribution >= 0.6 is 0 Å². The summed E-state index contributed by atoms with van der Waals surface area (Å²) in [7, 11) is 1.65. The predicted octanol–water partition coefficient (Wildman–Crippen LogP) is 6.36. The third-order valence-electron chi connectivity index (χ3n) is 7.54. The number of aryl methyl sites for hydroxylation is 2. The molecule has 2 aromatic heterocycles. The number of hydrogen-bond donors (Lipinski definition) is 1. The summed E-state index contributed by atoms with van der Waals surface area (Å²) in [4.78, 5) is 16.0. The van der Waals surface area contributed by atoms with Crippen molar-refractivity contribution in [2.45, 2.75) is 39.4 Å². The van der Waals surface area contributed by atoms with E-state index < -0.39 is 0 Å². The van der Waals surface area contributed by atoms with Crippen LogP contribution in [0.3, 0.4) is 0 Å². The third-order valence-corrected chi connectivity index (χ3v) is 7.54.